The number of hydrogen-bond acceptors (Lipinski definition) is 2. The zero-order valence-electron chi connectivity index (χ0n) is 20.6. The van der Waals surface area contributed by atoms with Crippen LogP contribution in [0.5, 0.6) is 0 Å². The van der Waals surface area contributed by atoms with Gasteiger partial charge in [-0.15, -0.1) is 0 Å². The SMILES string of the molecule is CCCCCCCCCCCCCCCCN(c1ccccc1)c1ccc(S(C)=O)cc1. The van der Waals surface area contributed by atoms with Crippen molar-refractivity contribution in [3.63, 3.8) is 0 Å². The zero-order chi connectivity index (χ0) is 22.9. The first kappa shape index (κ1) is 26.6. The van der Waals surface area contributed by atoms with Gasteiger partial charge in [-0.25, -0.2) is 0 Å². The molecule has 0 amide bonds. The van der Waals surface area contributed by atoms with Crippen molar-refractivity contribution in [2.75, 3.05) is 17.7 Å². The summed E-state index contributed by atoms with van der Waals surface area (Å²) in [5.41, 5.74) is 2.41. The summed E-state index contributed by atoms with van der Waals surface area (Å²) >= 11 is 0. The number of benzene rings is 2. The van der Waals surface area contributed by atoms with E-state index in [9.17, 15) is 4.21 Å². The average Bonchev–Trinajstić information content (AvgIpc) is 2.82. The van der Waals surface area contributed by atoms with Gasteiger partial charge >= 0.3 is 0 Å². The van der Waals surface area contributed by atoms with E-state index < -0.39 is 10.8 Å². The third-order valence-corrected chi connectivity index (χ3v) is 7.22. The van der Waals surface area contributed by atoms with Gasteiger partial charge in [0.25, 0.3) is 0 Å². The number of nitrogens with zero attached hydrogens (tertiary/aromatic N) is 1. The van der Waals surface area contributed by atoms with Gasteiger partial charge < -0.3 is 4.90 Å². The van der Waals surface area contributed by atoms with Crippen LogP contribution in [0.15, 0.2) is 59.5 Å². The maximum Gasteiger partial charge on any atom is 0.0498 e. The van der Waals surface area contributed by atoms with Crippen LogP contribution in [-0.2, 0) is 10.8 Å². The van der Waals surface area contributed by atoms with Crippen molar-refractivity contribution >= 4 is 22.2 Å². The van der Waals surface area contributed by atoms with E-state index in [1.165, 1.54) is 101 Å². The summed E-state index contributed by atoms with van der Waals surface area (Å²) < 4.78 is 11.7. The predicted octanol–water partition coefficient (Wildman–Crippen LogP) is 9.04. The fourth-order valence-corrected chi connectivity index (χ4v) is 4.82. The highest BCUT2D eigenvalue weighted by Crippen LogP contribution is 2.27. The molecule has 0 saturated carbocycles. The van der Waals surface area contributed by atoms with Crippen LogP contribution in [0.1, 0.15) is 96.8 Å². The van der Waals surface area contributed by atoms with Crippen molar-refractivity contribution in [1.82, 2.24) is 0 Å². The molecule has 0 aliphatic rings. The molecule has 2 nitrogen and oxygen atoms in total. The Hall–Kier alpha value is -1.61. The van der Waals surface area contributed by atoms with E-state index in [1.54, 1.807) is 6.26 Å². The second-order valence-electron chi connectivity index (χ2n) is 9.03. The minimum absolute atomic E-state index is 0.887. The Morgan fingerprint density at radius 3 is 1.50 bits per heavy atom. The van der Waals surface area contributed by atoms with Crippen molar-refractivity contribution in [2.45, 2.75) is 102 Å². The summed E-state index contributed by atoms with van der Waals surface area (Å²) in [5, 5.41) is 0. The molecule has 3 heteroatoms. The summed E-state index contributed by atoms with van der Waals surface area (Å²) in [4.78, 5) is 3.28. The molecule has 0 aromatic heterocycles. The van der Waals surface area contributed by atoms with Crippen molar-refractivity contribution in [1.29, 1.82) is 0 Å². The molecule has 1 unspecified atom stereocenters. The molecule has 0 spiro atoms. The van der Waals surface area contributed by atoms with Crippen molar-refractivity contribution in [2.24, 2.45) is 0 Å². The molecule has 2 rings (SSSR count). The number of unbranched alkanes of at least 4 members (excludes halogenated alkanes) is 13. The summed E-state index contributed by atoms with van der Waals surface area (Å²) in [7, 11) is -0.929. The maximum atomic E-state index is 11.7. The summed E-state index contributed by atoms with van der Waals surface area (Å²) in [5.74, 6) is 0. The second kappa shape index (κ2) is 16.9. The molecule has 2 aromatic rings. The van der Waals surface area contributed by atoms with Crippen LogP contribution < -0.4 is 4.90 Å². The van der Waals surface area contributed by atoms with E-state index in [2.05, 4.69) is 54.3 Å². The van der Waals surface area contributed by atoms with Gasteiger partial charge in [-0.05, 0) is 42.8 Å². The van der Waals surface area contributed by atoms with Gasteiger partial charge in [0.2, 0.25) is 0 Å². The molecule has 0 bridgehead atoms. The molecule has 0 saturated heterocycles. The molecule has 0 aliphatic heterocycles. The fraction of sp³-hybridized carbons (Fsp3) is 0.586. The van der Waals surface area contributed by atoms with Gasteiger partial charge in [0, 0.05) is 39.9 Å². The topological polar surface area (TPSA) is 20.3 Å². The highest BCUT2D eigenvalue weighted by molar-refractivity contribution is 7.84. The first-order chi connectivity index (χ1) is 15.7. The maximum absolute atomic E-state index is 11.7. The predicted molar refractivity (Wildman–Crippen MR) is 143 cm³/mol. The Bertz CT molecular complexity index is 729. The second-order valence-corrected chi connectivity index (χ2v) is 10.4. The Morgan fingerprint density at radius 1 is 0.594 bits per heavy atom. The first-order valence-electron chi connectivity index (χ1n) is 13.0. The Balaban J connectivity index is 1.63. The van der Waals surface area contributed by atoms with E-state index in [-0.39, 0.29) is 0 Å². The molecule has 2 aromatic carbocycles. The molecule has 0 N–H and O–H groups in total. The standard InChI is InChI=1S/C29H45NOS/c1-3-4-5-6-7-8-9-10-11-12-13-14-15-19-26-30(27-20-17-16-18-21-27)28-22-24-29(25-23-28)32(2)31/h16-18,20-25H,3-15,19,26H2,1-2H3. The number of hydrogen-bond donors (Lipinski definition) is 0. The van der Waals surface area contributed by atoms with Gasteiger partial charge in [-0.1, -0.05) is 109 Å². The van der Waals surface area contributed by atoms with Crippen LogP contribution in [0.25, 0.3) is 0 Å². The molecule has 0 radical (unpaired) electrons. The Morgan fingerprint density at radius 2 is 1.03 bits per heavy atom. The molecule has 32 heavy (non-hydrogen) atoms. The molecule has 1 atom stereocenters. The van der Waals surface area contributed by atoms with Gasteiger partial charge in [-0.2, -0.15) is 0 Å². The third kappa shape index (κ3) is 10.8. The highest BCUT2D eigenvalue weighted by atomic mass is 32.2. The van der Waals surface area contributed by atoms with Crippen LogP contribution in [-0.4, -0.2) is 17.0 Å². The normalized spacial score (nSPS) is 12.1. The number of para-hydroxylation sites is 1. The largest absolute Gasteiger partial charge is 0.341 e. The van der Waals surface area contributed by atoms with E-state index >= 15 is 0 Å². The molecular weight excluding hydrogens is 410 g/mol. The molecular formula is C29H45NOS. The van der Waals surface area contributed by atoms with Crippen LogP contribution in [0, 0.1) is 0 Å². The minimum Gasteiger partial charge on any atom is -0.341 e. The smallest absolute Gasteiger partial charge is 0.0498 e. The van der Waals surface area contributed by atoms with Crippen LogP contribution in [0.2, 0.25) is 0 Å². The number of rotatable bonds is 18. The van der Waals surface area contributed by atoms with Crippen molar-refractivity contribution in [3.05, 3.63) is 54.6 Å². The Labute approximate surface area is 200 Å². The van der Waals surface area contributed by atoms with Gasteiger partial charge in [0.15, 0.2) is 0 Å². The van der Waals surface area contributed by atoms with E-state index in [0.29, 0.717) is 0 Å². The fourth-order valence-electron chi connectivity index (χ4n) is 4.30. The third-order valence-electron chi connectivity index (χ3n) is 6.28. The highest BCUT2D eigenvalue weighted by Gasteiger charge is 2.09. The lowest BCUT2D eigenvalue weighted by molar-refractivity contribution is 0.536. The quantitative estimate of drug-likeness (QED) is 0.209. The molecule has 0 fully saturated rings. The monoisotopic (exact) mass is 455 g/mol. The lowest BCUT2D eigenvalue weighted by atomic mass is 10.0. The van der Waals surface area contributed by atoms with E-state index in [0.717, 1.165) is 11.4 Å². The first-order valence-corrected chi connectivity index (χ1v) is 14.5. The molecule has 0 heterocycles. The average molecular weight is 456 g/mol. The molecule has 0 aliphatic carbocycles. The van der Waals surface area contributed by atoms with Gasteiger partial charge in [0.1, 0.15) is 0 Å². The summed E-state index contributed by atoms with van der Waals surface area (Å²) in [6.07, 6.45) is 21.1. The zero-order valence-corrected chi connectivity index (χ0v) is 21.4. The van der Waals surface area contributed by atoms with Crippen LogP contribution in [0.3, 0.4) is 0 Å². The van der Waals surface area contributed by atoms with Crippen molar-refractivity contribution < 1.29 is 4.21 Å². The van der Waals surface area contributed by atoms with Crippen molar-refractivity contribution in [3.8, 4) is 0 Å². The van der Waals surface area contributed by atoms with Gasteiger partial charge in [-0.3, -0.25) is 4.21 Å². The molecule has 178 valence electrons. The Kier molecular flexibility index (Phi) is 14.1. The number of anilines is 2. The lowest BCUT2D eigenvalue weighted by Crippen LogP contribution is -2.18. The lowest BCUT2D eigenvalue weighted by Gasteiger charge is -2.25. The summed E-state index contributed by atoms with van der Waals surface area (Å²) in [6.45, 7) is 3.31. The van der Waals surface area contributed by atoms with E-state index in [1.807, 2.05) is 12.1 Å². The van der Waals surface area contributed by atoms with E-state index in [4.69, 9.17) is 0 Å². The minimum atomic E-state index is -0.929. The van der Waals surface area contributed by atoms with Crippen LogP contribution in [0.4, 0.5) is 11.4 Å². The summed E-state index contributed by atoms with van der Waals surface area (Å²) in [6, 6.07) is 18.8. The van der Waals surface area contributed by atoms with Crippen LogP contribution >= 0.6 is 0 Å². The van der Waals surface area contributed by atoms with Gasteiger partial charge in [0.05, 0.1) is 0 Å².